The maximum atomic E-state index is 12.6. The number of methoxy groups -OCH3 is 1. The minimum Gasteiger partial charge on any atom is -0.467 e. The van der Waals surface area contributed by atoms with Crippen molar-refractivity contribution < 1.29 is 23.5 Å². The maximum absolute atomic E-state index is 12.6. The Morgan fingerprint density at radius 1 is 1.29 bits per heavy atom. The minimum absolute atomic E-state index is 0.0904. The molecule has 3 atom stereocenters. The first-order chi connectivity index (χ1) is 15.8. The Balaban J connectivity index is 1.69. The number of nitrogens with zero attached hydrogens (tertiary/aromatic N) is 2. The van der Waals surface area contributed by atoms with Crippen molar-refractivity contribution in [3.63, 3.8) is 0 Å². The molecule has 0 radical (unpaired) electrons. The molecule has 3 rings (SSSR count). The van der Waals surface area contributed by atoms with Crippen molar-refractivity contribution in [3.05, 3.63) is 23.2 Å². The van der Waals surface area contributed by atoms with Crippen LogP contribution in [0.15, 0.2) is 23.1 Å². The quantitative estimate of drug-likeness (QED) is 0.136. The normalized spacial score (nSPS) is 18.5. The molecular formula is C23H32N2O5S3Si. The summed E-state index contributed by atoms with van der Waals surface area (Å²) in [7, 11) is 2.21. The molecule has 1 aliphatic rings. The number of hydrogen-bond acceptors (Lipinski definition) is 9. The van der Waals surface area contributed by atoms with Crippen LogP contribution in [-0.4, -0.2) is 60.8 Å². The first-order valence-corrected chi connectivity index (χ1v) is 17.0. The van der Waals surface area contributed by atoms with Gasteiger partial charge in [0, 0.05) is 11.4 Å². The Bertz CT molecular complexity index is 1100. The summed E-state index contributed by atoms with van der Waals surface area (Å²) < 4.78 is 12.3. The highest BCUT2D eigenvalue weighted by atomic mass is 33.1. The number of likely N-dealkylation sites (tertiary alicyclic amines) is 1. The first-order valence-electron chi connectivity index (χ1n) is 11.1. The van der Waals surface area contributed by atoms with Crippen molar-refractivity contribution in [1.29, 1.82) is 0 Å². The molecule has 1 amide bonds. The molecule has 11 heteroatoms. The summed E-state index contributed by atoms with van der Waals surface area (Å²) >= 11 is 1.64. The van der Waals surface area contributed by atoms with E-state index in [2.05, 4.69) is 45.5 Å². The highest BCUT2D eigenvalue weighted by molar-refractivity contribution is 8.77. The molecule has 1 aromatic carbocycles. The van der Waals surface area contributed by atoms with Crippen LogP contribution >= 0.6 is 32.9 Å². The molecule has 0 bridgehead atoms. The number of rotatable bonds is 9. The number of thiazole rings is 1. The van der Waals surface area contributed by atoms with Crippen LogP contribution in [0.3, 0.4) is 0 Å². The van der Waals surface area contributed by atoms with Gasteiger partial charge in [0.05, 0.1) is 23.4 Å². The number of β-lactam (4-membered cyclic amide) rings is 1. The van der Waals surface area contributed by atoms with Gasteiger partial charge in [-0.3, -0.25) is 9.59 Å². The lowest BCUT2D eigenvalue weighted by Crippen LogP contribution is -2.63. The van der Waals surface area contributed by atoms with E-state index >= 15 is 0 Å². The van der Waals surface area contributed by atoms with Crippen LogP contribution in [0, 0.1) is 0 Å². The predicted octanol–water partition coefficient (Wildman–Crippen LogP) is 5.46. The van der Waals surface area contributed by atoms with Crippen molar-refractivity contribution >= 4 is 69.1 Å². The second-order valence-electron chi connectivity index (χ2n) is 9.87. The molecule has 1 aliphatic heterocycles. The highest BCUT2D eigenvalue weighted by Crippen LogP contribution is 2.44. The second kappa shape index (κ2) is 10.3. The molecule has 1 aromatic heterocycles. The van der Waals surface area contributed by atoms with Gasteiger partial charge in [-0.15, -0.1) is 11.3 Å². The van der Waals surface area contributed by atoms with E-state index in [-0.39, 0.29) is 22.3 Å². The molecule has 0 spiro atoms. The molecule has 34 heavy (non-hydrogen) atoms. The van der Waals surface area contributed by atoms with Crippen LogP contribution in [0.2, 0.25) is 18.1 Å². The monoisotopic (exact) mass is 540 g/mol. The molecule has 1 unspecified atom stereocenters. The number of Topliss-reactive ketones (excluding diaryl/α,β-unsaturated/α-hetero) is 1. The summed E-state index contributed by atoms with van der Waals surface area (Å²) in [5, 5.41) is 0.741. The van der Waals surface area contributed by atoms with Crippen LogP contribution in [0.4, 0.5) is 0 Å². The Labute approximate surface area is 213 Å². The SMILES string of the molecule is COC(=O)C(C(C)=O)N1C[C@@H](SSc2cccc3sc([C@@H](C)O[Si](C)(C)C(C)(C)C)nc23)C1=O. The van der Waals surface area contributed by atoms with E-state index in [1.807, 2.05) is 18.2 Å². The molecule has 0 saturated carbocycles. The summed E-state index contributed by atoms with van der Waals surface area (Å²) in [6.07, 6.45) is -0.0904. The van der Waals surface area contributed by atoms with Gasteiger partial charge in [-0.1, -0.05) is 48.4 Å². The summed E-state index contributed by atoms with van der Waals surface area (Å²) in [6.45, 7) is 14.8. The lowest BCUT2D eigenvalue weighted by Gasteiger charge is -2.40. The molecule has 7 nitrogen and oxygen atoms in total. The zero-order chi connectivity index (χ0) is 25.4. The average molecular weight is 541 g/mol. The Morgan fingerprint density at radius 2 is 1.97 bits per heavy atom. The van der Waals surface area contributed by atoms with Gasteiger partial charge in [0.25, 0.3) is 0 Å². The Morgan fingerprint density at radius 3 is 2.53 bits per heavy atom. The summed E-state index contributed by atoms with van der Waals surface area (Å²) in [5.74, 6) is -1.33. The predicted molar refractivity (Wildman–Crippen MR) is 142 cm³/mol. The van der Waals surface area contributed by atoms with Crippen LogP contribution < -0.4 is 0 Å². The number of hydrogen-bond donors (Lipinski definition) is 0. The summed E-state index contributed by atoms with van der Waals surface area (Å²) in [5.41, 5.74) is 0.908. The number of fused-ring (bicyclic) bond motifs is 1. The molecule has 0 N–H and O–H groups in total. The van der Waals surface area contributed by atoms with Gasteiger partial charge in [-0.25, -0.2) is 9.78 Å². The molecule has 2 aromatic rings. The van der Waals surface area contributed by atoms with Crippen molar-refractivity contribution in [2.45, 2.75) is 75.0 Å². The van der Waals surface area contributed by atoms with Gasteiger partial charge in [-0.05, 0) is 44.1 Å². The number of para-hydroxylation sites is 1. The third-order valence-corrected chi connectivity index (χ3v) is 14.8. The van der Waals surface area contributed by atoms with Gasteiger partial charge in [0.2, 0.25) is 5.91 Å². The fraction of sp³-hybridized carbons (Fsp3) is 0.565. The molecule has 2 heterocycles. The number of benzene rings is 1. The smallest absolute Gasteiger partial charge is 0.336 e. The van der Waals surface area contributed by atoms with Gasteiger partial charge < -0.3 is 14.1 Å². The number of carbonyl (C=O) groups excluding carboxylic acids is 3. The molecule has 1 saturated heterocycles. The Kier molecular flexibility index (Phi) is 8.23. The van der Waals surface area contributed by atoms with E-state index < -0.39 is 26.1 Å². The molecule has 1 fully saturated rings. The number of ketones is 1. The van der Waals surface area contributed by atoms with E-state index in [0.29, 0.717) is 6.54 Å². The van der Waals surface area contributed by atoms with E-state index in [9.17, 15) is 14.4 Å². The van der Waals surface area contributed by atoms with E-state index in [0.717, 1.165) is 20.1 Å². The van der Waals surface area contributed by atoms with Gasteiger partial charge in [0.15, 0.2) is 20.1 Å². The number of esters is 1. The average Bonchev–Trinajstić information content (AvgIpc) is 3.19. The largest absolute Gasteiger partial charge is 0.467 e. The topological polar surface area (TPSA) is 85.8 Å². The van der Waals surface area contributed by atoms with Crippen LogP contribution in [0.5, 0.6) is 0 Å². The zero-order valence-corrected chi connectivity index (χ0v) is 24.3. The van der Waals surface area contributed by atoms with Crippen LogP contribution in [0.25, 0.3) is 10.2 Å². The fourth-order valence-electron chi connectivity index (χ4n) is 3.31. The second-order valence-corrected chi connectivity index (χ2v) is 18.1. The number of amides is 1. The van der Waals surface area contributed by atoms with Crippen molar-refractivity contribution in [3.8, 4) is 0 Å². The molecule has 186 valence electrons. The van der Waals surface area contributed by atoms with E-state index in [1.165, 1.54) is 40.5 Å². The van der Waals surface area contributed by atoms with Crippen molar-refractivity contribution in [2.24, 2.45) is 0 Å². The van der Waals surface area contributed by atoms with Crippen molar-refractivity contribution in [2.75, 3.05) is 13.7 Å². The summed E-state index contributed by atoms with van der Waals surface area (Å²) in [6, 6.07) is 4.88. The molecular weight excluding hydrogens is 509 g/mol. The lowest BCUT2D eigenvalue weighted by molar-refractivity contribution is -0.161. The number of carbonyl (C=O) groups is 3. The molecule has 0 aliphatic carbocycles. The van der Waals surface area contributed by atoms with Gasteiger partial charge >= 0.3 is 5.97 Å². The first kappa shape index (κ1) is 27.2. The van der Waals surface area contributed by atoms with Gasteiger partial charge in [0.1, 0.15) is 10.3 Å². The standard InChI is InChI=1S/C23H32N2O5S3Si/c1-13(26)19(22(28)29-6)25-12-17(21(25)27)33-32-16-11-9-10-15-18(16)24-20(31-15)14(2)30-34(7,8)23(3,4)5/h9-11,14,17,19H,12H2,1-8H3/t14-,17-,19?/m1/s1. The van der Waals surface area contributed by atoms with E-state index in [4.69, 9.17) is 9.41 Å². The Hall–Kier alpha value is -1.40. The number of aromatic nitrogens is 1. The zero-order valence-electron chi connectivity index (χ0n) is 20.8. The third-order valence-electron chi connectivity index (χ3n) is 6.32. The maximum Gasteiger partial charge on any atom is 0.336 e. The van der Waals surface area contributed by atoms with Crippen LogP contribution in [-0.2, 0) is 23.5 Å². The van der Waals surface area contributed by atoms with E-state index in [1.54, 1.807) is 11.3 Å². The highest BCUT2D eigenvalue weighted by Gasteiger charge is 2.46. The minimum atomic E-state index is -1.93. The fourth-order valence-corrected chi connectivity index (χ4v) is 8.30. The lowest BCUT2D eigenvalue weighted by atomic mass is 10.1. The number of ether oxygens (including phenoxy) is 1. The van der Waals surface area contributed by atoms with Crippen molar-refractivity contribution in [1.82, 2.24) is 9.88 Å². The summed E-state index contributed by atoms with van der Waals surface area (Å²) in [4.78, 5) is 43.5. The van der Waals surface area contributed by atoms with Gasteiger partial charge in [-0.2, -0.15) is 0 Å². The third kappa shape index (κ3) is 5.53. The van der Waals surface area contributed by atoms with Crippen LogP contribution in [0.1, 0.15) is 45.7 Å².